The van der Waals surface area contributed by atoms with Crippen molar-refractivity contribution < 1.29 is 14.3 Å². The highest BCUT2D eigenvalue weighted by molar-refractivity contribution is 6.00. The van der Waals surface area contributed by atoms with Crippen molar-refractivity contribution in [2.45, 2.75) is 24.9 Å². The van der Waals surface area contributed by atoms with E-state index in [9.17, 15) is 9.59 Å². The highest BCUT2D eigenvalue weighted by Gasteiger charge is 2.32. The smallest absolute Gasteiger partial charge is 0.249 e. The molecule has 2 N–H and O–H groups in total. The number of ether oxygens (including phenoxy) is 1. The lowest BCUT2D eigenvalue weighted by molar-refractivity contribution is -0.131. The summed E-state index contributed by atoms with van der Waals surface area (Å²) in [6.45, 7) is 2.33. The molecule has 1 aromatic carbocycles. The van der Waals surface area contributed by atoms with Gasteiger partial charge in [0, 0.05) is 18.8 Å². The van der Waals surface area contributed by atoms with Crippen LogP contribution in [0.3, 0.4) is 0 Å². The van der Waals surface area contributed by atoms with Crippen LogP contribution in [0.15, 0.2) is 30.3 Å². The molecular formula is C16H22ClN3O3. The van der Waals surface area contributed by atoms with Crippen LogP contribution in [-0.4, -0.2) is 50.2 Å². The Kier molecular flexibility index (Phi) is 6.38. The Bertz CT molecular complexity index is 535. The second kappa shape index (κ2) is 8.29. The molecule has 0 radical (unpaired) electrons. The van der Waals surface area contributed by atoms with Gasteiger partial charge in [0.25, 0.3) is 0 Å². The van der Waals surface area contributed by atoms with Crippen molar-refractivity contribution in [2.24, 2.45) is 0 Å². The van der Waals surface area contributed by atoms with Gasteiger partial charge in [0.2, 0.25) is 11.8 Å². The van der Waals surface area contributed by atoms with Crippen molar-refractivity contribution in [3.8, 4) is 0 Å². The zero-order valence-corrected chi connectivity index (χ0v) is 13.7. The maximum absolute atomic E-state index is 12.6. The lowest BCUT2D eigenvalue weighted by atomic mass is 10.0. The molecule has 3 rings (SSSR count). The third-order valence-corrected chi connectivity index (χ3v) is 4.06. The first kappa shape index (κ1) is 17.7. The maximum Gasteiger partial charge on any atom is 0.249 e. The predicted molar refractivity (Wildman–Crippen MR) is 89.8 cm³/mol. The zero-order valence-electron chi connectivity index (χ0n) is 12.9. The minimum absolute atomic E-state index is 0. The van der Waals surface area contributed by atoms with E-state index in [1.165, 1.54) is 0 Å². The summed E-state index contributed by atoms with van der Waals surface area (Å²) in [5.74, 6) is -0.199. The summed E-state index contributed by atoms with van der Waals surface area (Å²) in [7, 11) is 0. The van der Waals surface area contributed by atoms with Crippen LogP contribution in [-0.2, 0) is 14.3 Å². The maximum atomic E-state index is 12.6. The van der Waals surface area contributed by atoms with Crippen molar-refractivity contribution in [1.29, 1.82) is 0 Å². The van der Waals surface area contributed by atoms with Crippen LogP contribution in [0.2, 0.25) is 0 Å². The van der Waals surface area contributed by atoms with Gasteiger partial charge >= 0.3 is 0 Å². The van der Waals surface area contributed by atoms with E-state index in [-0.39, 0.29) is 30.3 Å². The highest BCUT2D eigenvalue weighted by atomic mass is 35.5. The van der Waals surface area contributed by atoms with Crippen molar-refractivity contribution in [3.05, 3.63) is 30.3 Å². The average Bonchev–Trinajstić information content (AvgIpc) is 2.58. The molecule has 0 aromatic heterocycles. The van der Waals surface area contributed by atoms with Gasteiger partial charge in [-0.25, -0.2) is 0 Å². The monoisotopic (exact) mass is 339 g/mol. The van der Waals surface area contributed by atoms with Gasteiger partial charge in [-0.15, -0.1) is 12.4 Å². The van der Waals surface area contributed by atoms with Crippen LogP contribution in [0, 0.1) is 0 Å². The molecule has 23 heavy (non-hydrogen) atoms. The van der Waals surface area contributed by atoms with Gasteiger partial charge in [-0.3, -0.25) is 9.59 Å². The number of para-hydroxylation sites is 1. The first-order valence-electron chi connectivity index (χ1n) is 7.73. The summed E-state index contributed by atoms with van der Waals surface area (Å²) >= 11 is 0. The number of benzene rings is 1. The van der Waals surface area contributed by atoms with Crippen LogP contribution >= 0.6 is 12.4 Å². The number of carbonyl (C=O) groups is 2. The number of anilines is 1. The van der Waals surface area contributed by atoms with Gasteiger partial charge in [-0.05, 0) is 25.0 Å². The number of halogens is 1. The number of nitrogens with one attached hydrogen (secondary N) is 2. The van der Waals surface area contributed by atoms with Gasteiger partial charge < -0.3 is 20.3 Å². The minimum atomic E-state index is -0.454. The number of hydrogen-bond acceptors (Lipinski definition) is 4. The number of carbonyl (C=O) groups excluding carboxylic acids is 2. The third-order valence-electron chi connectivity index (χ3n) is 4.06. The van der Waals surface area contributed by atoms with E-state index in [4.69, 9.17) is 4.74 Å². The fourth-order valence-corrected chi connectivity index (χ4v) is 2.88. The molecule has 2 fully saturated rings. The van der Waals surface area contributed by atoms with E-state index in [1.54, 1.807) is 4.90 Å². The molecule has 2 heterocycles. The molecule has 7 heteroatoms. The number of amides is 2. The third kappa shape index (κ3) is 4.22. The Morgan fingerprint density at radius 2 is 2.09 bits per heavy atom. The van der Waals surface area contributed by atoms with Crippen LogP contribution in [0.25, 0.3) is 0 Å². The molecule has 2 aliphatic heterocycles. The van der Waals surface area contributed by atoms with E-state index in [1.807, 2.05) is 30.3 Å². The summed E-state index contributed by atoms with van der Waals surface area (Å²) in [4.78, 5) is 26.6. The van der Waals surface area contributed by atoms with Crippen LogP contribution < -0.4 is 15.5 Å². The van der Waals surface area contributed by atoms with E-state index in [0.717, 1.165) is 12.1 Å². The minimum Gasteiger partial charge on any atom is -0.378 e. The van der Waals surface area contributed by atoms with Crippen molar-refractivity contribution in [3.63, 3.8) is 0 Å². The molecule has 0 saturated carbocycles. The fourth-order valence-electron chi connectivity index (χ4n) is 2.88. The summed E-state index contributed by atoms with van der Waals surface area (Å²) < 4.78 is 5.29. The summed E-state index contributed by atoms with van der Waals surface area (Å²) in [6.07, 6.45) is 1.56. The van der Waals surface area contributed by atoms with Gasteiger partial charge in [-0.1, -0.05) is 18.2 Å². The molecule has 2 atom stereocenters. The molecular weight excluding hydrogens is 318 g/mol. The summed E-state index contributed by atoms with van der Waals surface area (Å²) in [5.41, 5.74) is 0.880. The normalized spacial score (nSPS) is 24.7. The molecule has 2 amide bonds. The van der Waals surface area contributed by atoms with Crippen molar-refractivity contribution >= 4 is 29.9 Å². The number of morpholine rings is 1. The average molecular weight is 340 g/mol. The molecule has 1 aromatic rings. The largest absolute Gasteiger partial charge is 0.378 e. The van der Waals surface area contributed by atoms with Crippen molar-refractivity contribution in [2.75, 3.05) is 31.2 Å². The van der Waals surface area contributed by atoms with Gasteiger partial charge in [0.05, 0.1) is 13.2 Å². The Morgan fingerprint density at radius 3 is 2.78 bits per heavy atom. The Hall–Kier alpha value is -1.63. The topological polar surface area (TPSA) is 70.7 Å². The van der Waals surface area contributed by atoms with Crippen LogP contribution in [0.1, 0.15) is 12.8 Å². The Morgan fingerprint density at radius 1 is 1.30 bits per heavy atom. The second-order valence-corrected chi connectivity index (χ2v) is 5.61. The molecule has 0 bridgehead atoms. The van der Waals surface area contributed by atoms with Gasteiger partial charge in [0.15, 0.2) is 0 Å². The predicted octanol–water partition coefficient (Wildman–Crippen LogP) is 0.708. The summed E-state index contributed by atoms with van der Waals surface area (Å²) in [5, 5.41) is 5.97. The zero-order chi connectivity index (χ0) is 15.4. The molecule has 2 saturated heterocycles. The second-order valence-electron chi connectivity index (χ2n) is 5.61. The standard InChI is InChI=1S/C16H21N3O3.ClH/c20-15(14-11-22-10-8-17-14)18-13-7-4-9-19(16(13)21)12-5-2-1-3-6-12;/h1-3,5-6,13-14,17H,4,7-11H2,(H,18,20);1H. The molecule has 2 aliphatic rings. The fraction of sp³-hybridized carbons (Fsp3) is 0.500. The number of hydrogen-bond donors (Lipinski definition) is 2. The first-order chi connectivity index (χ1) is 10.8. The highest BCUT2D eigenvalue weighted by Crippen LogP contribution is 2.20. The van der Waals surface area contributed by atoms with Crippen LogP contribution in [0.5, 0.6) is 0 Å². The molecule has 0 aliphatic carbocycles. The van der Waals surface area contributed by atoms with E-state index in [0.29, 0.717) is 32.7 Å². The Balaban J connectivity index is 0.00000192. The van der Waals surface area contributed by atoms with Crippen LogP contribution in [0.4, 0.5) is 5.69 Å². The Labute approximate surface area is 142 Å². The molecule has 126 valence electrons. The molecule has 6 nitrogen and oxygen atoms in total. The summed E-state index contributed by atoms with van der Waals surface area (Å²) in [6, 6.07) is 8.75. The lowest BCUT2D eigenvalue weighted by Crippen LogP contribution is -2.58. The van der Waals surface area contributed by atoms with E-state index >= 15 is 0 Å². The number of rotatable bonds is 3. The number of piperidine rings is 1. The first-order valence-corrected chi connectivity index (χ1v) is 7.73. The quantitative estimate of drug-likeness (QED) is 0.851. The molecule has 2 unspecified atom stereocenters. The lowest BCUT2D eigenvalue weighted by Gasteiger charge is -2.33. The van der Waals surface area contributed by atoms with Gasteiger partial charge in [0.1, 0.15) is 12.1 Å². The van der Waals surface area contributed by atoms with E-state index in [2.05, 4.69) is 10.6 Å². The SMILES string of the molecule is Cl.O=C(NC1CCCN(c2ccccc2)C1=O)C1COCCN1. The molecule has 0 spiro atoms. The van der Waals surface area contributed by atoms with Gasteiger partial charge in [-0.2, -0.15) is 0 Å². The number of nitrogens with zero attached hydrogens (tertiary/aromatic N) is 1. The van der Waals surface area contributed by atoms with Crippen molar-refractivity contribution in [1.82, 2.24) is 10.6 Å². The van der Waals surface area contributed by atoms with E-state index < -0.39 is 6.04 Å².